The maximum absolute atomic E-state index is 12.9. The van der Waals surface area contributed by atoms with Crippen LogP contribution in [-0.4, -0.2) is 13.0 Å². The van der Waals surface area contributed by atoms with E-state index in [9.17, 15) is 9.18 Å². The van der Waals surface area contributed by atoms with Gasteiger partial charge in [0, 0.05) is 17.1 Å². The molecule has 138 valence electrons. The van der Waals surface area contributed by atoms with Crippen LogP contribution in [0.1, 0.15) is 43.6 Å². The number of amides is 1. The first-order valence-electron chi connectivity index (χ1n) is 8.94. The molecule has 0 aromatic heterocycles. The number of halogens is 2. The van der Waals surface area contributed by atoms with Crippen LogP contribution in [-0.2, 0) is 4.79 Å². The second-order valence-corrected chi connectivity index (χ2v) is 7.27. The fourth-order valence-corrected chi connectivity index (χ4v) is 3.98. The summed E-state index contributed by atoms with van der Waals surface area (Å²) in [4.78, 5) is 12.2. The highest BCUT2D eigenvalue weighted by Gasteiger charge is 2.25. The van der Waals surface area contributed by atoms with Crippen molar-refractivity contribution in [1.82, 2.24) is 0 Å². The lowest BCUT2D eigenvalue weighted by Gasteiger charge is -2.29. The van der Waals surface area contributed by atoms with Gasteiger partial charge in [-0.15, -0.1) is 0 Å². The van der Waals surface area contributed by atoms with Gasteiger partial charge >= 0.3 is 0 Å². The van der Waals surface area contributed by atoms with Gasteiger partial charge < -0.3 is 10.1 Å². The maximum atomic E-state index is 12.9. The van der Waals surface area contributed by atoms with Crippen LogP contribution in [0.15, 0.2) is 42.5 Å². The Morgan fingerprint density at radius 2 is 1.85 bits per heavy atom. The summed E-state index contributed by atoms with van der Waals surface area (Å²) < 4.78 is 18.1. The summed E-state index contributed by atoms with van der Waals surface area (Å²) in [5.74, 6) is 1.26. The van der Waals surface area contributed by atoms with Gasteiger partial charge in [-0.1, -0.05) is 17.7 Å². The second kappa shape index (κ2) is 8.54. The van der Waals surface area contributed by atoms with Crippen molar-refractivity contribution < 1.29 is 13.9 Å². The van der Waals surface area contributed by atoms with E-state index in [-0.39, 0.29) is 11.7 Å². The smallest absolute Gasteiger partial charge is 0.224 e. The van der Waals surface area contributed by atoms with Crippen molar-refractivity contribution in [3.63, 3.8) is 0 Å². The van der Waals surface area contributed by atoms with E-state index in [0.717, 1.165) is 36.5 Å². The summed E-state index contributed by atoms with van der Waals surface area (Å²) in [5.41, 5.74) is 1.80. The molecule has 3 nitrogen and oxygen atoms in total. The fourth-order valence-electron chi connectivity index (χ4n) is 3.65. The SMILES string of the molecule is COc1ccc([C@H]2CC[C@@H](CC(=O)Nc3ccc(F)cc3)CC2)c(Cl)c1. The average Bonchev–Trinajstić information content (AvgIpc) is 2.64. The number of anilines is 1. The molecule has 5 heteroatoms. The minimum Gasteiger partial charge on any atom is -0.497 e. The summed E-state index contributed by atoms with van der Waals surface area (Å²) in [7, 11) is 1.63. The zero-order valence-electron chi connectivity index (χ0n) is 14.8. The van der Waals surface area contributed by atoms with Crippen molar-refractivity contribution >= 4 is 23.2 Å². The Kier molecular flexibility index (Phi) is 6.15. The third-order valence-corrected chi connectivity index (χ3v) is 5.42. The average molecular weight is 376 g/mol. The van der Waals surface area contributed by atoms with Crippen molar-refractivity contribution in [2.45, 2.75) is 38.0 Å². The highest BCUT2D eigenvalue weighted by Crippen LogP contribution is 2.40. The monoisotopic (exact) mass is 375 g/mol. The topological polar surface area (TPSA) is 38.3 Å². The lowest BCUT2D eigenvalue weighted by Crippen LogP contribution is -2.20. The van der Waals surface area contributed by atoms with Gasteiger partial charge in [0.05, 0.1) is 7.11 Å². The normalized spacial score (nSPS) is 19.8. The van der Waals surface area contributed by atoms with Gasteiger partial charge in [0.15, 0.2) is 0 Å². The lowest BCUT2D eigenvalue weighted by molar-refractivity contribution is -0.117. The van der Waals surface area contributed by atoms with Gasteiger partial charge in [-0.2, -0.15) is 0 Å². The fraction of sp³-hybridized carbons (Fsp3) is 0.381. The molecule has 1 aliphatic rings. The maximum Gasteiger partial charge on any atom is 0.224 e. The Morgan fingerprint density at radius 3 is 2.46 bits per heavy atom. The molecule has 0 atom stereocenters. The molecular weight excluding hydrogens is 353 g/mol. The predicted molar refractivity (Wildman–Crippen MR) is 102 cm³/mol. The number of hydrogen-bond donors (Lipinski definition) is 1. The van der Waals surface area contributed by atoms with E-state index < -0.39 is 0 Å². The van der Waals surface area contributed by atoms with Crippen LogP contribution < -0.4 is 10.1 Å². The Morgan fingerprint density at radius 1 is 1.15 bits per heavy atom. The van der Waals surface area contributed by atoms with Crippen LogP contribution in [0.5, 0.6) is 5.75 Å². The zero-order valence-corrected chi connectivity index (χ0v) is 15.6. The molecule has 1 N–H and O–H groups in total. The van der Waals surface area contributed by atoms with Crippen LogP contribution in [0.4, 0.5) is 10.1 Å². The first kappa shape index (κ1) is 18.7. The Bertz CT molecular complexity index is 755. The molecule has 3 rings (SSSR count). The van der Waals surface area contributed by atoms with E-state index in [4.69, 9.17) is 16.3 Å². The van der Waals surface area contributed by atoms with Crippen LogP contribution >= 0.6 is 11.6 Å². The molecule has 0 unspecified atom stereocenters. The van der Waals surface area contributed by atoms with E-state index in [1.165, 1.54) is 17.7 Å². The molecule has 1 saturated carbocycles. The van der Waals surface area contributed by atoms with Crippen molar-refractivity contribution in [3.8, 4) is 5.75 Å². The predicted octanol–water partition coefficient (Wildman–Crippen LogP) is 5.79. The number of carbonyl (C=O) groups is 1. The van der Waals surface area contributed by atoms with Crippen LogP contribution in [0, 0.1) is 11.7 Å². The van der Waals surface area contributed by atoms with E-state index in [1.54, 1.807) is 19.2 Å². The van der Waals surface area contributed by atoms with Crippen molar-refractivity contribution in [1.29, 1.82) is 0 Å². The number of carbonyl (C=O) groups excluding carboxylic acids is 1. The highest BCUT2D eigenvalue weighted by atomic mass is 35.5. The Balaban J connectivity index is 1.50. The molecule has 0 heterocycles. The number of benzene rings is 2. The molecule has 2 aromatic carbocycles. The van der Waals surface area contributed by atoms with E-state index >= 15 is 0 Å². The number of ether oxygens (including phenoxy) is 1. The van der Waals surface area contributed by atoms with Crippen molar-refractivity contribution in [2.75, 3.05) is 12.4 Å². The number of methoxy groups -OCH3 is 1. The molecular formula is C21H23ClFNO2. The Labute approximate surface area is 158 Å². The number of hydrogen-bond acceptors (Lipinski definition) is 2. The van der Waals surface area contributed by atoms with Gasteiger partial charge in [0.1, 0.15) is 11.6 Å². The standard InChI is InChI=1S/C21H23ClFNO2/c1-26-18-10-11-19(20(22)13-18)15-4-2-14(3-5-15)12-21(25)24-17-8-6-16(23)7-9-17/h6-11,13-15H,2-5,12H2,1H3,(H,24,25)/t14-,15+. The number of nitrogens with one attached hydrogen (secondary N) is 1. The summed E-state index contributed by atoms with van der Waals surface area (Å²) in [6, 6.07) is 11.7. The van der Waals surface area contributed by atoms with Crippen LogP contribution in [0.25, 0.3) is 0 Å². The minimum absolute atomic E-state index is 0.0115. The molecule has 0 aliphatic heterocycles. The molecule has 0 saturated heterocycles. The van der Waals surface area contributed by atoms with Crippen molar-refractivity contribution in [2.24, 2.45) is 5.92 Å². The van der Waals surface area contributed by atoms with E-state index in [0.29, 0.717) is 23.9 Å². The van der Waals surface area contributed by atoms with Crippen LogP contribution in [0.3, 0.4) is 0 Å². The zero-order chi connectivity index (χ0) is 18.5. The van der Waals surface area contributed by atoms with E-state index in [1.807, 2.05) is 18.2 Å². The van der Waals surface area contributed by atoms with E-state index in [2.05, 4.69) is 5.32 Å². The second-order valence-electron chi connectivity index (χ2n) is 6.86. The van der Waals surface area contributed by atoms with Crippen molar-refractivity contribution in [3.05, 3.63) is 58.9 Å². The first-order valence-corrected chi connectivity index (χ1v) is 9.32. The summed E-state index contributed by atoms with van der Waals surface area (Å²) in [5, 5.41) is 3.59. The Hall–Kier alpha value is -2.07. The summed E-state index contributed by atoms with van der Waals surface area (Å²) >= 11 is 6.39. The molecule has 1 amide bonds. The molecule has 26 heavy (non-hydrogen) atoms. The summed E-state index contributed by atoms with van der Waals surface area (Å²) in [6.07, 6.45) is 4.56. The quantitative estimate of drug-likeness (QED) is 0.718. The van der Waals surface area contributed by atoms with Gasteiger partial charge in [-0.25, -0.2) is 4.39 Å². The third kappa shape index (κ3) is 4.76. The molecule has 1 fully saturated rings. The number of rotatable bonds is 5. The van der Waals surface area contributed by atoms with Gasteiger partial charge in [0.2, 0.25) is 5.91 Å². The molecule has 0 spiro atoms. The minimum atomic E-state index is -0.307. The first-order chi connectivity index (χ1) is 12.5. The third-order valence-electron chi connectivity index (χ3n) is 5.10. The van der Waals surface area contributed by atoms with Gasteiger partial charge in [-0.3, -0.25) is 4.79 Å². The lowest BCUT2D eigenvalue weighted by atomic mass is 9.77. The molecule has 2 aromatic rings. The molecule has 1 aliphatic carbocycles. The van der Waals surface area contributed by atoms with Gasteiger partial charge in [0.25, 0.3) is 0 Å². The summed E-state index contributed by atoms with van der Waals surface area (Å²) in [6.45, 7) is 0. The molecule has 0 bridgehead atoms. The molecule has 0 radical (unpaired) electrons. The van der Waals surface area contributed by atoms with Gasteiger partial charge in [-0.05, 0) is 79.5 Å². The highest BCUT2D eigenvalue weighted by molar-refractivity contribution is 6.31. The van der Waals surface area contributed by atoms with Crippen LogP contribution in [0.2, 0.25) is 5.02 Å². The largest absolute Gasteiger partial charge is 0.497 e.